The van der Waals surface area contributed by atoms with Gasteiger partial charge in [0.05, 0.1) is 24.8 Å². The number of aromatic nitrogens is 5. The summed E-state index contributed by atoms with van der Waals surface area (Å²) in [4.78, 5) is 16.2. The van der Waals surface area contributed by atoms with Gasteiger partial charge in [0.15, 0.2) is 11.6 Å². The SMILES string of the molecule is CNC(=O)Cc1nc(-c2cc(-c3ccccc3F)n[nH]2)n(C2CCOC2)n1. The highest BCUT2D eigenvalue weighted by molar-refractivity contribution is 5.77. The van der Waals surface area contributed by atoms with Gasteiger partial charge >= 0.3 is 0 Å². The number of benzene rings is 1. The number of nitrogens with zero attached hydrogens (tertiary/aromatic N) is 4. The summed E-state index contributed by atoms with van der Waals surface area (Å²) in [6, 6.07) is 8.22. The fraction of sp³-hybridized carbons (Fsp3) is 0.333. The van der Waals surface area contributed by atoms with Crippen LogP contribution in [-0.2, 0) is 16.0 Å². The van der Waals surface area contributed by atoms with Gasteiger partial charge in [0, 0.05) is 19.2 Å². The highest BCUT2D eigenvalue weighted by Crippen LogP contribution is 2.28. The molecule has 1 aromatic carbocycles. The summed E-state index contributed by atoms with van der Waals surface area (Å²) in [7, 11) is 1.57. The molecule has 1 amide bonds. The van der Waals surface area contributed by atoms with Crippen LogP contribution in [0.2, 0.25) is 0 Å². The molecule has 3 aromatic rings. The summed E-state index contributed by atoms with van der Waals surface area (Å²) in [6.07, 6.45) is 0.891. The van der Waals surface area contributed by atoms with Crippen LogP contribution in [0.1, 0.15) is 18.3 Å². The molecular weight excluding hydrogens is 351 g/mol. The lowest BCUT2D eigenvalue weighted by molar-refractivity contribution is -0.120. The maximum atomic E-state index is 14.1. The highest BCUT2D eigenvalue weighted by Gasteiger charge is 2.25. The molecule has 9 heteroatoms. The fourth-order valence-electron chi connectivity index (χ4n) is 3.07. The van der Waals surface area contributed by atoms with Gasteiger partial charge in [-0.25, -0.2) is 14.1 Å². The molecule has 0 aliphatic carbocycles. The Balaban J connectivity index is 1.72. The highest BCUT2D eigenvalue weighted by atomic mass is 19.1. The number of rotatable bonds is 5. The first-order valence-electron chi connectivity index (χ1n) is 8.70. The topological polar surface area (TPSA) is 97.7 Å². The normalized spacial score (nSPS) is 16.6. The van der Waals surface area contributed by atoms with E-state index in [0.29, 0.717) is 41.8 Å². The van der Waals surface area contributed by atoms with Crippen LogP contribution in [0.4, 0.5) is 4.39 Å². The predicted octanol–water partition coefficient (Wildman–Crippen LogP) is 1.72. The molecule has 27 heavy (non-hydrogen) atoms. The number of aromatic amines is 1. The molecule has 0 radical (unpaired) electrons. The molecule has 1 saturated heterocycles. The van der Waals surface area contributed by atoms with Crippen molar-refractivity contribution in [1.29, 1.82) is 0 Å². The Morgan fingerprint density at radius 3 is 3.04 bits per heavy atom. The fourth-order valence-corrected chi connectivity index (χ4v) is 3.07. The third-order valence-electron chi connectivity index (χ3n) is 4.49. The number of hydrogen-bond acceptors (Lipinski definition) is 5. The summed E-state index contributed by atoms with van der Waals surface area (Å²) in [6.45, 7) is 1.18. The monoisotopic (exact) mass is 370 g/mol. The zero-order valence-corrected chi connectivity index (χ0v) is 14.8. The van der Waals surface area contributed by atoms with Crippen LogP contribution in [-0.4, -0.2) is 51.1 Å². The summed E-state index contributed by atoms with van der Waals surface area (Å²) < 4.78 is 21.3. The molecule has 0 spiro atoms. The predicted molar refractivity (Wildman–Crippen MR) is 95.2 cm³/mol. The van der Waals surface area contributed by atoms with Gasteiger partial charge < -0.3 is 10.1 Å². The van der Waals surface area contributed by atoms with E-state index in [0.717, 1.165) is 6.42 Å². The van der Waals surface area contributed by atoms with Gasteiger partial charge in [0.1, 0.15) is 11.5 Å². The van der Waals surface area contributed by atoms with Crippen molar-refractivity contribution in [1.82, 2.24) is 30.3 Å². The number of halogens is 1. The average molecular weight is 370 g/mol. The standard InChI is InChI=1S/C18H19FN6O2/c1-20-17(26)9-16-21-18(25(24-16)11-6-7-27-10-11)15-8-14(22-23-15)12-4-2-3-5-13(12)19/h2-5,8,11H,6-7,9-10H2,1H3,(H,20,26)(H,22,23). The van der Waals surface area contributed by atoms with Crippen molar-refractivity contribution in [3.05, 3.63) is 42.0 Å². The van der Waals surface area contributed by atoms with Gasteiger partial charge in [-0.15, -0.1) is 0 Å². The van der Waals surface area contributed by atoms with Crippen LogP contribution < -0.4 is 5.32 Å². The molecule has 4 rings (SSSR count). The molecule has 0 bridgehead atoms. The second-order valence-electron chi connectivity index (χ2n) is 6.31. The molecule has 1 atom stereocenters. The summed E-state index contributed by atoms with van der Waals surface area (Å²) >= 11 is 0. The Labute approximate surface area is 154 Å². The van der Waals surface area contributed by atoms with Gasteiger partial charge in [-0.1, -0.05) is 12.1 Å². The second kappa shape index (κ2) is 7.28. The first-order valence-corrected chi connectivity index (χ1v) is 8.70. The van der Waals surface area contributed by atoms with Gasteiger partial charge in [-0.2, -0.15) is 10.2 Å². The van der Waals surface area contributed by atoms with Crippen molar-refractivity contribution in [3.8, 4) is 22.8 Å². The van der Waals surface area contributed by atoms with E-state index >= 15 is 0 Å². The maximum Gasteiger partial charge on any atom is 0.227 e. The third-order valence-corrected chi connectivity index (χ3v) is 4.49. The summed E-state index contributed by atoms with van der Waals surface area (Å²) in [5.74, 6) is 0.456. The van der Waals surface area contributed by atoms with E-state index in [1.54, 1.807) is 36.0 Å². The number of nitrogens with one attached hydrogen (secondary N) is 2. The molecule has 1 aliphatic heterocycles. The Bertz CT molecular complexity index is 960. The van der Waals surface area contributed by atoms with Gasteiger partial charge in [-0.3, -0.25) is 9.89 Å². The number of H-pyrrole nitrogens is 1. The minimum absolute atomic E-state index is 0.0335. The first-order chi connectivity index (χ1) is 13.2. The summed E-state index contributed by atoms with van der Waals surface area (Å²) in [5, 5.41) is 14.2. The molecule has 8 nitrogen and oxygen atoms in total. The number of carbonyl (C=O) groups is 1. The first kappa shape index (κ1) is 17.3. The molecule has 1 fully saturated rings. The van der Waals surface area contributed by atoms with Crippen molar-refractivity contribution in [2.75, 3.05) is 20.3 Å². The molecule has 2 aromatic heterocycles. The van der Waals surface area contributed by atoms with E-state index in [9.17, 15) is 9.18 Å². The lowest BCUT2D eigenvalue weighted by Gasteiger charge is -2.10. The minimum atomic E-state index is -0.346. The van der Waals surface area contributed by atoms with Crippen LogP contribution in [0.3, 0.4) is 0 Å². The maximum absolute atomic E-state index is 14.1. The molecule has 2 N–H and O–H groups in total. The number of ether oxygens (including phenoxy) is 1. The number of hydrogen-bond donors (Lipinski definition) is 2. The van der Waals surface area contributed by atoms with Gasteiger partial charge in [-0.05, 0) is 24.6 Å². The van der Waals surface area contributed by atoms with E-state index < -0.39 is 0 Å². The largest absolute Gasteiger partial charge is 0.379 e. The molecule has 3 heterocycles. The summed E-state index contributed by atoms with van der Waals surface area (Å²) in [5.41, 5.74) is 1.49. The number of likely N-dealkylation sites (N-methyl/N-ethyl adjacent to an activating group) is 1. The van der Waals surface area contributed by atoms with Crippen LogP contribution >= 0.6 is 0 Å². The lowest BCUT2D eigenvalue weighted by atomic mass is 10.1. The molecule has 1 aliphatic rings. The quantitative estimate of drug-likeness (QED) is 0.713. The lowest BCUT2D eigenvalue weighted by Crippen LogP contribution is -2.21. The van der Waals surface area contributed by atoms with Crippen molar-refractivity contribution < 1.29 is 13.9 Å². The minimum Gasteiger partial charge on any atom is -0.379 e. The van der Waals surface area contributed by atoms with Crippen molar-refractivity contribution in [3.63, 3.8) is 0 Å². The zero-order chi connectivity index (χ0) is 18.8. The van der Waals surface area contributed by atoms with E-state index in [2.05, 4.69) is 25.6 Å². The van der Waals surface area contributed by atoms with E-state index in [4.69, 9.17) is 4.74 Å². The molecular formula is C18H19FN6O2. The van der Waals surface area contributed by atoms with Crippen LogP contribution in [0.5, 0.6) is 0 Å². The van der Waals surface area contributed by atoms with E-state index in [1.165, 1.54) is 6.07 Å². The average Bonchev–Trinajstić information content (AvgIpc) is 3.41. The van der Waals surface area contributed by atoms with Crippen molar-refractivity contribution in [2.45, 2.75) is 18.9 Å². The van der Waals surface area contributed by atoms with Crippen LogP contribution in [0, 0.1) is 5.82 Å². The second-order valence-corrected chi connectivity index (χ2v) is 6.31. The molecule has 140 valence electrons. The Morgan fingerprint density at radius 2 is 2.30 bits per heavy atom. The number of amides is 1. The van der Waals surface area contributed by atoms with Crippen molar-refractivity contribution in [2.24, 2.45) is 0 Å². The number of carbonyl (C=O) groups excluding carboxylic acids is 1. The van der Waals surface area contributed by atoms with Crippen LogP contribution in [0.15, 0.2) is 30.3 Å². The smallest absolute Gasteiger partial charge is 0.227 e. The molecule has 0 saturated carbocycles. The van der Waals surface area contributed by atoms with Crippen LogP contribution in [0.25, 0.3) is 22.8 Å². The van der Waals surface area contributed by atoms with Gasteiger partial charge in [0.25, 0.3) is 0 Å². The van der Waals surface area contributed by atoms with Gasteiger partial charge in [0.2, 0.25) is 5.91 Å². The van der Waals surface area contributed by atoms with E-state index in [1.807, 2.05) is 0 Å². The third kappa shape index (κ3) is 3.45. The Kier molecular flexibility index (Phi) is 4.68. The van der Waals surface area contributed by atoms with E-state index in [-0.39, 0.29) is 24.2 Å². The molecule has 1 unspecified atom stereocenters. The Hall–Kier alpha value is -3.07. The zero-order valence-electron chi connectivity index (χ0n) is 14.8. The Morgan fingerprint density at radius 1 is 1.44 bits per heavy atom. The van der Waals surface area contributed by atoms with Crippen molar-refractivity contribution >= 4 is 5.91 Å².